The predicted molar refractivity (Wildman–Crippen MR) is 56.3 cm³/mol. The van der Waals surface area contributed by atoms with Crippen molar-refractivity contribution in [1.82, 2.24) is 0 Å². The second-order valence-corrected chi connectivity index (χ2v) is 3.49. The zero-order chi connectivity index (χ0) is 11.7. The fourth-order valence-electron chi connectivity index (χ4n) is 0.734. The van der Waals surface area contributed by atoms with E-state index in [9.17, 15) is 9.59 Å². The lowest BCUT2D eigenvalue weighted by molar-refractivity contribution is -0.159. The molecule has 0 bridgehead atoms. The van der Waals surface area contributed by atoms with E-state index < -0.39 is 11.9 Å². The summed E-state index contributed by atoms with van der Waals surface area (Å²) in [6, 6.07) is 0. The van der Waals surface area contributed by atoms with Crippen LogP contribution in [0.5, 0.6) is 0 Å². The number of hydrogen-bond donors (Lipinski definition) is 0. The molecule has 0 N–H and O–H groups in total. The summed E-state index contributed by atoms with van der Waals surface area (Å²) in [5.41, 5.74) is 0. The van der Waals surface area contributed by atoms with Gasteiger partial charge in [-0.05, 0) is 19.8 Å². The Morgan fingerprint density at radius 3 is 1.73 bits per heavy atom. The number of ether oxygens (including phenoxy) is 2. The highest BCUT2D eigenvalue weighted by molar-refractivity contribution is 5.85. The number of rotatable bonds is 4. The number of hydrogen-bond acceptors (Lipinski definition) is 4. The van der Waals surface area contributed by atoms with Gasteiger partial charge < -0.3 is 9.47 Å². The Morgan fingerprint density at radius 1 is 1.20 bits per heavy atom. The minimum atomic E-state index is -0.411. The van der Waals surface area contributed by atoms with E-state index in [0.717, 1.165) is 19.4 Å². The van der Waals surface area contributed by atoms with Gasteiger partial charge in [-0.3, -0.25) is 9.59 Å². The van der Waals surface area contributed by atoms with Gasteiger partial charge in [-0.2, -0.15) is 0 Å². The maximum Gasteiger partial charge on any atom is 0.313 e. The Morgan fingerprint density at radius 2 is 1.53 bits per heavy atom. The first-order chi connectivity index (χ1) is 7.10. The average molecular weight is 216 g/mol. The Kier molecular flexibility index (Phi) is 7.91. The smallest absolute Gasteiger partial charge is 0.313 e. The number of esters is 2. The quantitative estimate of drug-likeness (QED) is 0.410. The molecule has 4 heteroatoms. The van der Waals surface area contributed by atoms with Crippen molar-refractivity contribution in [2.24, 2.45) is 0 Å². The van der Waals surface area contributed by atoms with Gasteiger partial charge in [0.05, 0.1) is 12.7 Å². The molecule has 1 rings (SSSR count). The molecule has 1 unspecified atom stereocenters. The molecule has 0 amide bonds. The van der Waals surface area contributed by atoms with Crippen LogP contribution in [0.25, 0.3) is 0 Å². The van der Waals surface area contributed by atoms with Gasteiger partial charge in [0.25, 0.3) is 0 Å². The van der Waals surface area contributed by atoms with Crippen LogP contribution in [0.15, 0.2) is 0 Å². The van der Waals surface area contributed by atoms with Crippen LogP contribution >= 0.6 is 0 Å². The lowest BCUT2D eigenvalue weighted by atomic mass is 10.3. The van der Waals surface area contributed by atoms with Crippen LogP contribution in [0, 0.1) is 0 Å². The van der Waals surface area contributed by atoms with Gasteiger partial charge in [-0.1, -0.05) is 13.8 Å². The number of carbonyl (C=O) groups excluding carboxylic acids is 2. The van der Waals surface area contributed by atoms with Crippen molar-refractivity contribution in [3.05, 3.63) is 0 Å². The molecule has 0 aromatic heterocycles. The summed E-state index contributed by atoms with van der Waals surface area (Å²) in [4.78, 5) is 21.4. The molecule has 0 radical (unpaired) electrons. The van der Waals surface area contributed by atoms with Crippen LogP contribution in [0.3, 0.4) is 0 Å². The van der Waals surface area contributed by atoms with E-state index in [1.54, 1.807) is 0 Å². The normalized spacial score (nSPS) is 17.4. The fraction of sp³-hybridized carbons (Fsp3) is 0.818. The van der Waals surface area contributed by atoms with Gasteiger partial charge in [0.1, 0.15) is 0 Å². The third-order valence-electron chi connectivity index (χ3n) is 1.64. The highest BCUT2D eigenvalue weighted by Crippen LogP contribution is 2.04. The highest BCUT2D eigenvalue weighted by atomic mass is 16.6. The Balaban J connectivity index is 0.000000401. The molecule has 0 saturated carbocycles. The van der Waals surface area contributed by atoms with Crippen LogP contribution in [-0.4, -0.2) is 24.6 Å². The van der Waals surface area contributed by atoms with Gasteiger partial charge in [-0.25, -0.2) is 0 Å². The van der Waals surface area contributed by atoms with Crippen LogP contribution in [-0.2, 0) is 19.1 Å². The topological polar surface area (TPSA) is 55.9 Å². The largest absolute Gasteiger partial charge is 0.393 e. The van der Waals surface area contributed by atoms with E-state index in [2.05, 4.69) is 11.7 Å². The second kappa shape index (κ2) is 8.41. The minimum Gasteiger partial charge on any atom is -0.393 e. The van der Waals surface area contributed by atoms with Crippen molar-refractivity contribution < 1.29 is 19.1 Å². The highest BCUT2D eigenvalue weighted by Gasteiger charge is 2.13. The van der Waals surface area contributed by atoms with Crippen molar-refractivity contribution in [1.29, 1.82) is 0 Å². The summed E-state index contributed by atoms with van der Waals surface area (Å²) in [6.07, 6.45) is 2.68. The molecule has 0 aliphatic carbocycles. The predicted octanol–water partition coefficient (Wildman–Crippen LogP) is 2.06. The molecule has 1 heterocycles. The summed E-state index contributed by atoms with van der Waals surface area (Å²) in [5.74, 6) is -0.822. The van der Waals surface area contributed by atoms with E-state index >= 15 is 0 Å². The van der Waals surface area contributed by atoms with Crippen LogP contribution in [0.1, 0.15) is 46.5 Å². The SMILES string of the molecule is CC1CO1.CCCC(=O)OC(=O)CCC. The molecule has 0 spiro atoms. The van der Waals surface area contributed by atoms with Gasteiger partial charge in [0, 0.05) is 12.8 Å². The van der Waals surface area contributed by atoms with Crippen molar-refractivity contribution in [2.45, 2.75) is 52.6 Å². The molecule has 15 heavy (non-hydrogen) atoms. The van der Waals surface area contributed by atoms with Crippen LogP contribution in [0.4, 0.5) is 0 Å². The molecular weight excluding hydrogens is 196 g/mol. The summed E-state index contributed by atoms with van der Waals surface area (Å²) >= 11 is 0. The van der Waals surface area contributed by atoms with Crippen molar-refractivity contribution >= 4 is 11.9 Å². The van der Waals surface area contributed by atoms with Gasteiger partial charge in [0.15, 0.2) is 0 Å². The van der Waals surface area contributed by atoms with Gasteiger partial charge >= 0.3 is 11.9 Å². The first-order valence-corrected chi connectivity index (χ1v) is 5.45. The fourth-order valence-corrected chi connectivity index (χ4v) is 0.734. The maximum absolute atomic E-state index is 10.7. The summed E-state index contributed by atoms with van der Waals surface area (Å²) in [7, 11) is 0. The molecule has 88 valence electrons. The van der Waals surface area contributed by atoms with E-state index in [0.29, 0.717) is 18.9 Å². The molecule has 1 saturated heterocycles. The molecule has 4 nitrogen and oxygen atoms in total. The molecule has 1 atom stereocenters. The first-order valence-electron chi connectivity index (χ1n) is 5.45. The zero-order valence-electron chi connectivity index (χ0n) is 9.75. The molecular formula is C11H20O4. The van der Waals surface area contributed by atoms with Crippen LogP contribution in [0.2, 0.25) is 0 Å². The zero-order valence-corrected chi connectivity index (χ0v) is 9.75. The Hall–Kier alpha value is -0.900. The Labute approximate surface area is 90.9 Å². The van der Waals surface area contributed by atoms with E-state index in [-0.39, 0.29) is 0 Å². The van der Waals surface area contributed by atoms with E-state index in [1.807, 2.05) is 13.8 Å². The van der Waals surface area contributed by atoms with Crippen molar-refractivity contribution in [2.75, 3.05) is 6.61 Å². The third-order valence-corrected chi connectivity index (χ3v) is 1.64. The summed E-state index contributed by atoms with van der Waals surface area (Å²) in [6.45, 7) is 6.77. The van der Waals surface area contributed by atoms with Crippen molar-refractivity contribution in [3.8, 4) is 0 Å². The lowest BCUT2D eigenvalue weighted by Crippen LogP contribution is -2.10. The maximum atomic E-state index is 10.7. The first kappa shape index (κ1) is 14.1. The molecule has 0 aromatic rings. The average Bonchev–Trinajstić information content (AvgIpc) is 2.89. The van der Waals surface area contributed by atoms with E-state index in [4.69, 9.17) is 4.74 Å². The monoisotopic (exact) mass is 216 g/mol. The third kappa shape index (κ3) is 11.0. The van der Waals surface area contributed by atoms with Crippen LogP contribution < -0.4 is 0 Å². The minimum absolute atomic E-state index is 0.329. The summed E-state index contributed by atoms with van der Waals surface area (Å²) in [5, 5.41) is 0. The lowest BCUT2D eigenvalue weighted by Gasteiger charge is -1.98. The summed E-state index contributed by atoms with van der Waals surface area (Å²) < 4.78 is 9.16. The van der Waals surface area contributed by atoms with E-state index in [1.165, 1.54) is 0 Å². The molecule has 0 aromatic carbocycles. The molecule has 1 aliphatic heterocycles. The number of epoxide rings is 1. The standard InChI is InChI=1S/C8H14O3.C3H6O/c1-3-5-7(9)11-8(10)6-4-2;1-3-2-4-3/h3-6H2,1-2H3;3H,2H2,1H3. The van der Waals surface area contributed by atoms with Crippen molar-refractivity contribution in [3.63, 3.8) is 0 Å². The number of carbonyl (C=O) groups is 2. The Bertz CT molecular complexity index is 181. The second-order valence-electron chi connectivity index (χ2n) is 3.49. The van der Waals surface area contributed by atoms with Gasteiger partial charge in [0.2, 0.25) is 0 Å². The molecule has 1 aliphatic rings. The van der Waals surface area contributed by atoms with Gasteiger partial charge in [-0.15, -0.1) is 0 Å². The molecule has 1 fully saturated rings.